The van der Waals surface area contributed by atoms with Gasteiger partial charge in [-0.25, -0.2) is 0 Å². The molecular weight excluding hydrogens is 254 g/mol. The van der Waals surface area contributed by atoms with Crippen LogP contribution in [0.1, 0.15) is 0 Å². The summed E-state index contributed by atoms with van der Waals surface area (Å²) in [5, 5.41) is 3.97. The van der Waals surface area contributed by atoms with Gasteiger partial charge in [-0.3, -0.25) is 0 Å². The Balaban J connectivity index is 1.93. The van der Waals surface area contributed by atoms with Crippen LogP contribution in [0.5, 0.6) is 5.75 Å². The molecule has 0 saturated heterocycles. The van der Waals surface area contributed by atoms with E-state index in [2.05, 4.69) is 10.1 Å². The van der Waals surface area contributed by atoms with Gasteiger partial charge in [0.05, 0.1) is 7.11 Å². The normalized spacial score (nSPS) is 10.4. The molecule has 100 valence electrons. The molecule has 5 heteroatoms. The molecule has 3 rings (SSSR count). The van der Waals surface area contributed by atoms with E-state index in [4.69, 9.17) is 15.0 Å². The second-order valence-electron chi connectivity index (χ2n) is 4.28. The number of nitrogen functional groups attached to an aromatic ring is 1. The molecule has 1 heterocycles. The molecule has 0 aliphatic heterocycles. The van der Waals surface area contributed by atoms with Gasteiger partial charge in [0.2, 0.25) is 5.82 Å². The highest BCUT2D eigenvalue weighted by molar-refractivity contribution is 5.63. The number of methoxy groups -OCH3 is 1. The summed E-state index contributed by atoms with van der Waals surface area (Å²) in [5.74, 6) is 1.76. The van der Waals surface area contributed by atoms with Crippen LogP contribution in [-0.4, -0.2) is 17.3 Å². The number of hydrogen-bond acceptors (Lipinski definition) is 5. The van der Waals surface area contributed by atoms with Crippen molar-refractivity contribution >= 4 is 5.69 Å². The standard InChI is InChI=1S/C15H13N3O2/c1-19-13-7-5-10(6-8-13)15-17-14(18-20-15)11-3-2-4-12(16)9-11/h2-9H,16H2,1H3. The Bertz CT molecular complexity index is 720. The Morgan fingerprint density at radius 1 is 1.05 bits per heavy atom. The summed E-state index contributed by atoms with van der Waals surface area (Å²) in [6.07, 6.45) is 0. The minimum absolute atomic E-state index is 0.463. The van der Waals surface area contributed by atoms with Crippen molar-refractivity contribution in [3.8, 4) is 28.6 Å². The molecule has 0 unspecified atom stereocenters. The number of aromatic nitrogens is 2. The molecule has 0 saturated carbocycles. The van der Waals surface area contributed by atoms with Gasteiger partial charge in [-0.15, -0.1) is 0 Å². The van der Waals surface area contributed by atoms with E-state index in [0.29, 0.717) is 17.4 Å². The van der Waals surface area contributed by atoms with Gasteiger partial charge >= 0.3 is 0 Å². The van der Waals surface area contributed by atoms with Crippen molar-refractivity contribution in [2.75, 3.05) is 12.8 Å². The average molecular weight is 267 g/mol. The first kappa shape index (κ1) is 12.2. The minimum atomic E-state index is 0.463. The van der Waals surface area contributed by atoms with E-state index < -0.39 is 0 Å². The van der Waals surface area contributed by atoms with Crippen LogP contribution in [0.3, 0.4) is 0 Å². The molecule has 2 N–H and O–H groups in total. The van der Waals surface area contributed by atoms with Gasteiger partial charge in [0.15, 0.2) is 0 Å². The van der Waals surface area contributed by atoms with Crippen molar-refractivity contribution in [1.29, 1.82) is 0 Å². The third kappa shape index (κ3) is 2.33. The topological polar surface area (TPSA) is 74.2 Å². The lowest BCUT2D eigenvalue weighted by Crippen LogP contribution is -1.86. The van der Waals surface area contributed by atoms with Gasteiger partial charge in [-0.2, -0.15) is 4.98 Å². The summed E-state index contributed by atoms with van der Waals surface area (Å²) in [5.41, 5.74) is 8.08. The van der Waals surface area contributed by atoms with Gasteiger partial charge in [-0.05, 0) is 36.4 Å². The highest BCUT2D eigenvalue weighted by Gasteiger charge is 2.10. The summed E-state index contributed by atoms with van der Waals surface area (Å²) in [6.45, 7) is 0. The van der Waals surface area contributed by atoms with Gasteiger partial charge in [-0.1, -0.05) is 17.3 Å². The van der Waals surface area contributed by atoms with E-state index in [1.54, 1.807) is 7.11 Å². The SMILES string of the molecule is COc1ccc(-c2nc(-c3cccc(N)c3)no2)cc1. The molecule has 2 aromatic carbocycles. The van der Waals surface area contributed by atoms with Crippen molar-refractivity contribution in [1.82, 2.24) is 10.1 Å². The molecule has 0 aliphatic carbocycles. The maximum atomic E-state index is 5.75. The summed E-state index contributed by atoms with van der Waals surface area (Å²) in [6, 6.07) is 14.8. The number of anilines is 1. The molecule has 0 bridgehead atoms. The van der Waals surface area contributed by atoms with Gasteiger partial charge in [0.1, 0.15) is 5.75 Å². The lowest BCUT2D eigenvalue weighted by Gasteiger charge is -1.99. The smallest absolute Gasteiger partial charge is 0.258 e. The third-order valence-corrected chi connectivity index (χ3v) is 2.91. The molecular formula is C15H13N3O2. The molecule has 20 heavy (non-hydrogen) atoms. The zero-order valence-corrected chi connectivity index (χ0v) is 10.9. The van der Waals surface area contributed by atoms with Gasteiger partial charge < -0.3 is 15.0 Å². The summed E-state index contributed by atoms with van der Waals surface area (Å²) < 4.78 is 10.4. The molecule has 0 spiro atoms. The number of nitrogens with zero attached hydrogens (tertiary/aromatic N) is 2. The zero-order chi connectivity index (χ0) is 13.9. The van der Waals surface area contributed by atoms with Crippen molar-refractivity contribution in [2.24, 2.45) is 0 Å². The molecule has 0 atom stereocenters. The van der Waals surface area contributed by atoms with E-state index in [-0.39, 0.29) is 0 Å². The second-order valence-corrected chi connectivity index (χ2v) is 4.28. The lowest BCUT2D eigenvalue weighted by atomic mass is 10.2. The van der Waals surface area contributed by atoms with Gasteiger partial charge in [0.25, 0.3) is 5.89 Å². The molecule has 1 aromatic heterocycles. The Labute approximate surface area is 116 Å². The number of benzene rings is 2. The predicted molar refractivity (Wildman–Crippen MR) is 76.1 cm³/mol. The molecule has 0 fully saturated rings. The van der Waals surface area contributed by atoms with Crippen molar-refractivity contribution < 1.29 is 9.26 Å². The number of rotatable bonds is 3. The fraction of sp³-hybridized carbons (Fsp3) is 0.0667. The maximum absolute atomic E-state index is 5.75. The lowest BCUT2D eigenvalue weighted by molar-refractivity contribution is 0.414. The Kier molecular flexibility index (Phi) is 3.09. The third-order valence-electron chi connectivity index (χ3n) is 2.91. The molecule has 5 nitrogen and oxygen atoms in total. The zero-order valence-electron chi connectivity index (χ0n) is 10.9. The van der Waals surface area contributed by atoms with Crippen LogP contribution in [-0.2, 0) is 0 Å². The minimum Gasteiger partial charge on any atom is -0.497 e. The Morgan fingerprint density at radius 3 is 2.55 bits per heavy atom. The monoisotopic (exact) mass is 267 g/mol. The summed E-state index contributed by atoms with van der Waals surface area (Å²) in [7, 11) is 1.62. The predicted octanol–water partition coefficient (Wildman–Crippen LogP) is 2.99. The highest BCUT2D eigenvalue weighted by atomic mass is 16.5. The largest absolute Gasteiger partial charge is 0.497 e. The number of ether oxygens (including phenoxy) is 1. The van der Waals surface area contributed by atoms with Crippen LogP contribution in [0.4, 0.5) is 5.69 Å². The van der Waals surface area contributed by atoms with E-state index in [0.717, 1.165) is 16.9 Å². The van der Waals surface area contributed by atoms with Crippen LogP contribution in [0.2, 0.25) is 0 Å². The van der Waals surface area contributed by atoms with E-state index in [1.807, 2.05) is 48.5 Å². The quantitative estimate of drug-likeness (QED) is 0.738. The van der Waals surface area contributed by atoms with E-state index >= 15 is 0 Å². The van der Waals surface area contributed by atoms with Crippen LogP contribution >= 0.6 is 0 Å². The van der Waals surface area contributed by atoms with Crippen molar-refractivity contribution in [3.63, 3.8) is 0 Å². The first-order valence-electron chi connectivity index (χ1n) is 6.10. The molecule has 0 amide bonds. The maximum Gasteiger partial charge on any atom is 0.258 e. The van der Waals surface area contributed by atoms with Crippen LogP contribution in [0, 0.1) is 0 Å². The van der Waals surface area contributed by atoms with Crippen molar-refractivity contribution in [3.05, 3.63) is 48.5 Å². The Morgan fingerprint density at radius 2 is 1.85 bits per heavy atom. The fourth-order valence-electron chi connectivity index (χ4n) is 1.87. The van der Waals surface area contributed by atoms with E-state index in [1.165, 1.54) is 0 Å². The highest BCUT2D eigenvalue weighted by Crippen LogP contribution is 2.24. The van der Waals surface area contributed by atoms with E-state index in [9.17, 15) is 0 Å². The first-order valence-corrected chi connectivity index (χ1v) is 6.10. The average Bonchev–Trinajstić information content (AvgIpc) is 2.97. The summed E-state index contributed by atoms with van der Waals surface area (Å²) >= 11 is 0. The summed E-state index contributed by atoms with van der Waals surface area (Å²) in [4.78, 5) is 4.37. The second kappa shape index (κ2) is 5.05. The van der Waals surface area contributed by atoms with Gasteiger partial charge in [0, 0.05) is 16.8 Å². The van der Waals surface area contributed by atoms with Crippen LogP contribution in [0.15, 0.2) is 53.1 Å². The number of nitrogens with two attached hydrogens (primary N) is 1. The molecule has 0 radical (unpaired) electrons. The van der Waals surface area contributed by atoms with Crippen LogP contribution in [0.25, 0.3) is 22.8 Å². The van der Waals surface area contributed by atoms with Crippen molar-refractivity contribution in [2.45, 2.75) is 0 Å². The number of hydrogen-bond donors (Lipinski definition) is 1. The van der Waals surface area contributed by atoms with Crippen LogP contribution < -0.4 is 10.5 Å². The molecule has 3 aromatic rings. The Hall–Kier alpha value is -2.82. The first-order chi connectivity index (χ1) is 9.76. The molecule has 0 aliphatic rings. The fourth-order valence-corrected chi connectivity index (χ4v) is 1.87.